The van der Waals surface area contributed by atoms with Crippen molar-refractivity contribution < 1.29 is 5.11 Å². The molecule has 14 heavy (non-hydrogen) atoms. The van der Waals surface area contributed by atoms with Crippen molar-refractivity contribution in [3.8, 4) is 0 Å². The van der Waals surface area contributed by atoms with Gasteiger partial charge in [-0.05, 0) is 43.0 Å². The lowest BCUT2D eigenvalue weighted by atomic mass is 9.92. The number of aliphatic hydroxyl groups excluding tert-OH is 1. The lowest BCUT2D eigenvalue weighted by Crippen LogP contribution is -2.12. The van der Waals surface area contributed by atoms with Gasteiger partial charge >= 0.3 is 0 Å². The zero-order valence-electron chi connectivity index (χ0n) is 8.33. The highest BCUT2D eigenvalue weighted by atomic mass is 35.5. The molecule has 1 nitrogen and oxygen atoms in total. The summed E-state index contributed by atoms with van der Waals surface area (Å²) in [7, 11) is 0. The van der Waals surface area contributed by atoms with E-state index in [4.69, 9.17) is 11.6 Å². The van der Waals surface area contributed by atoms with Crippen LogP contribution in [0.2, 0.25) is 5.02 Å². The summed E-state index contributed by atoms with van der Waals surface area (Å²) in [5.74, 6) is 0.326. The van der Waals surface area contributed by atoms with Gasteiger partial charge in [0, 0.05) is 10.9 Å². The molecular formula is C12H15ClO. The highest BCUT2D eigenvalue weighted by molar-refractivity contribution is 6.30. The van der Waals surface area contributed by atoms with Crippen LogP contribution in [0.15, 0.2) is 18.2 Å². The summed E-state index contributed by atoms with van der Waals surface area (Å²) in [4.78, 5) is 0. The van der Waals surface area contributed by atoms with Crippen molar-refractivity contribution in [2.75, 3.05) is 0 Å². The minimum Gasteiger partial charge on any atom is -0.392 e. The van der Waals surface area contributed by atoms with Crippen molar-refractivity contribution in [2.24, 2.45) is 0 Å². The van der Waals surface area contributed by atoms with E-state index in [9.17, 15) is 5.11 Å². The van der Waals surface area contributed by atoms with Gasteiger partial charge in [-0.1, -0.05) is 24.1 Å². The van der Waals surface area contributed by atoms with Crippen molar-refractivity contribution in [1.29, 1.82) is 0 Å². The van der Waals surface area contributed by atoms with E-state index in [2.05, 4.69) is 13.0 Å². The third-order valence-corrected chi connectivity index (χ3v) is 3.35. The Bertz CT molecular complexity index is 335. The van der Waals surface area contributed by atoms with Crippen molar-refractivity contribution >= 4 is 11.6 Å². The fourth-order valence-corrected chi connectivity index (χ4v) is 2.59. The maximum atomic E-state index is 9.80. The molecule has 0 aromatic heterocycles. The second-order valence-corrected chi connectivity index (χ2v) is 4.54. The molecular weight excluding hydrogens is 196 g/mol. The maximum absolute atomic E-state index is 9.80. The Morgan fingerprint density at radius 1 is 1.36 bits per heavy atom. The van der Waals surface area contributed by atoms with Crippen LogP contribution >= 0.6 is 11.6 Å². The summed E-state index contributed by atoms with van der Waals surface area (Å²) in [5, 5.41) is 10.6. The first-order valence-electron chi connectivity index (χ1n) is 5.12. The number of benzene rings is 1. The van der Waals surface area contributed by atoms with E-state index < -0.39 is 0 Å². The van der Waals surface area contributed by atoms with Crippen LogP contribution in [0.4, 0.5) is 0 Å². The van der Waals surface area contributed by atoms with E-state index in [0.29, 0.717) is 5.92 Å². The molecule has 0 saturated heterocycles. The molecule has 1 aliphatic rings. The number of hydrogen-bond acceptors (Lipinski definition) is 1. The Hall–Kier alpha value is -0.530. The highest BCUT2D eigenvalue weighted by Gasteiger charge is 2.27. The predicted molar refractivity (Wildman–Crippen MR) is 58.8 cm³/mol. The molecule has 1 aromatic carbocycles. The zero-order chi connectivity index (χ0) is 10.1. The highest BCUT2D eigenvalue weighted by Crippen LogP contribution is 2.36. The van der Waals surface area contributed by atoms with Crippen molar-refractivity contribution in [2.45, 2.75) is 38.2 Å². The van der Waals surface area contributed by atoms with Gasteiger partial charge in [0.05, 0.1) is 6.10 Å². The SMILES string of the molecule is Cc1cc(Cl)ccc1C1CCCC1O. The van der Waals surface area contributed by atoms with Crippen LogP contribution in [0.5, 0.6) is 0 Å². The molecule has 0 bridgehead atoms. The summed E-state index contributed by atoms with van der Waals surface area (Å²) in [6, 6.07) is 5.94. The van der Waals surface area contributed by atoms with Gasteiger partial charge in [-0.3, -0.25) is 0 Å². The van der Waals surface area contributed by atoms with E-state index in [0.717, 1.165) is 24.3 Å². The van der Waals surface area contributed by atoms with Crippen molar-refractivity contribution in [1.82, 2.24) is 0 Å². The molecule has 0 radical (unpaired) electrons. The molecule has 0 spiro atoms. The number of rotatable bonds is 1. The fourth-order valence-electron chi connectivity index (χ4n) is 2.36. The van der Waals surface area contributed by atoms with E-state index >= 15 is 0 Å². The van der Waals surface area contributed by atoms with Gasteiger partial charge in [0.25, 0.3) is 0 Å². The molecule has 1 N–H and O–H groups in total. The van der Waals surface area contributed by atoms with E-state index in [-0.39, 0.29) is 6.10 Å². The zero-order valence-corrected chi connectivity index (χ0v) is 9.09. The molecule has 2 heteroatoms. The van der Waals surface area contributed by atoms with Crippen LogP contribution in [0.25, 0.3) is 0 Å². The van der Waals surface area contributed by atoms with Crippen LogP contribution in [-0.2, 0) is 0 Å². The van der Waals surface area contributed by atoms with Gasteiger partial charge in [0.1, 0.15) is 0 Å². The summed E-state index contributed by atoms with van der Waals surface area (Å²) in [5.41, 5.74) is 2.46. The smallest absolute Gasteiger partial charge is 0.0608 e. The summed E-state index contributed by atoms with van der Waals surface area (Å²) in [6.07, 6.45) is 3.01. The fraction of sp³-hybridized carbons (Fsp3) is 0.500. The lowest BCUT2D eigenvalue weighted by molar-refractivity contribution is 0.163. The minimum absolute atomic E-state index is 0.158. The molecule has 1 aliphatic carbocycles. The third-order valence-electron chi connectivity index (χ3n) is 3.11. The van der Waals surface area contributed by atoms with E-state index in [1.165, 1.54) is 11.1 Å². The molecule has 2 unspecified atom stereocenters. The van der Waals surface area contributed by atoms with Gasteiger partial charge in [-0.25, -0.2) is 0 Å². The molecule has 76 valence electrons. The summed E-state index contributed by atoms with van der Waals surface area (Å²) >= 11 is 5.90. The van der Waals surface area contributed by atoms with Crippen LogP contribution in [0, 0.1) is 6.92 Å². The Morgan fingerprint density at radius 3 is 2.71 bits per heavy atom. The van der Waals surface area contributed by atoms with Crippen LogP contribution < -0.4 is 0 Å². The van der Waals surface area contributed by atoms with Gasteiger partial charge < -0.3 is 5.11 Å². The lowest BCUT2D eigenvalue weighted by Gasteiger charge is -2.17. The van der Waals surface area contributed by atoms with Crippen molar-refractivity contribution in [3.05, 3.63) is 34.3 Å². The topological polar surface area (TPSA) is 20.2 Å². The number of halogens is 1. The number of hydrogen-bond donors (Lipinski definition) is 1. The first-order chi connectivity index (χ1) is 6.68. The quantitative estimate of drug-likeness (QED) is 0.755. The summed E-state index contributed by atoms with van der Waals surface area (Å²) < 4.78 is 0. The average molecular weight is 211 g/mol. The van der Waals surface area contributed by atoms with Crippen molar-refractivity contribution in [3.63, 3.8) is 0 Å². The second kappa shape index (κ2) is 3.92. The second-order valence-electron chi connectivity index (χ2n) is 4.11. The van der Waals surface area contributed by atoms with Gasteiger partial charge in [-0.2, -0.15) is 0 Å². The van der Waals surface area contributed by atoms with Crippen LogP contribution in [0.3, 0.4) is 0 Å². The van der Waals surface area contributed by atoms with E-state index in [1.807, 2.05) is 12.1 Å². The first-order valence-corrected chi connectivity index (χ1v) is 5.50. The Labute approximate surface area is 89.7 Å². The largest absolute Gasteiger partial charge is 0.392 e. The van der Waals surface area contributed by atoms with Gasteiger partial charge in [0.15, 0.2) is 0 Å². The molecule has 1 aromatic rings. The van der Waals surface area contributed by atoms with Gasteiger partial charge in [-0.15, -0.1) is 0 Å². The monoisotopic (exact) mass is 210 g/mol. The molecule has 0 heterocycles. The normalized spacial score (nSPS) is 26.8. The van der Waals surface area contributed by atoms with Crippen LogP contribution in [-0.4, -0.2) is 11.2 Å². The minimum atomic E-state index is -0.158. The third kappa shape index (κ3) is 1.79. The summed E-state index contributed by atoms with van der Waals surface area (Å²) in [6.45, 7) is 2.06. The standard InChI is InChI=1S/C12H15ClO/c1-8-7-9(13)5-6-10(8)11-3-2-4-12(11)14/h5-7,11-12,14H,2-4H2,1H3. The number of aliphatic hydroxyl groups is 1. The first kappa shape index (κ1) is 10.0. The molecule has 2 rings (SSSR count). The predicted octanol–water partition coefficient (Wildman–Crippen LogP) is 3.28. The Balaban J connectivity index is 2.31. The van der Waals surface area contributed by atoms with E-state index in [1.54, 1.807) is 0 Å². The van der Waals surface area contributed by atoms with Crippen LogP contribution in [0.1, 0.15) is 36.3 Å². The molecule has 2 atom stereocenters. The maximum Gasteiger partial charge on any atom is 0.0608 e. The molecule has 0 amide bonds. The Morgan fingerprint density at radius 2 is 2.14 bits per heavy atom. The molecule has 0 aliphatic heterocycles. The van der Waals surface area contributed by atoms with Gasteiger partial charge in [0.2, 0.25) is 0 Å². The molecule has 1 saturated carbocycles. The number of aryl methyl sites for hydroxylation is 1. The average Bonchev–Trinajstić information content (AvgIpc) is 2.52. The molecule has 1 fully saturated rings. The Kier molecular flexibility index (Phi) is 2.80.